The Bertz CT molecular complexity index is 3540. The topological polar surface area (TPSA) is 16.4 Å². The number of furan rings is 1. The molecule has 0 bridgehead atoms. The highest BCUT2D eigenvalue weighted by Gasteiger charge is 2.41. The summed E-state index contributed by atoms with van der Waals surface area (Å²) >= 11 is 0. The average Bonchev–Trinajstić information content (AvgIpc) is 3.75. The second-order valence-corrected chi connectivity index (χ2v) is 25.4. The largest absolute Gasteiger partial charge is 0.455 e. The van der Waals surface area contributed by atoms with Gasteiger partial charge >= 0.3 is 0 Å². The number of benzene rings is 8. The van der Waals surface area contributed by atoms with Crippen molar-refractivity contribution >= 4 is 62.1 Å². The first-order valence-electron chi connectivity index (χ1n) is 26.6. The third kappa shape index (κ3) is 8.41. The van der Waals surface area contributed by atoms with Crippen molar-refractivity contribution in [2.24, 2.45) is 0 Å². The summed E-state index contributed by atoms with van der Waals surface area (Å²) in [6.07, 6.45) is 2.86. The summed E-state index contributed by atoms with van der Waals surface area (Å²) in [6.45, 7) is 30.2. The third-order valence-corrected chi connectivity index (χ3v) is 16.2. The number of hydrogen-bond acceptors (Lipinski definition) is 2. The minimum absolute atomic E-state index is 0.0251. The maximum absolute atomic E-state index is 7.09. The summed E-state index contributed by atoms with van der Waals surface area (Å²) in [5, 5.41) is 2.36. The van der Waals surface area contributed by atoms with Crippen molar-refractivity contribution in [1.29, 1.82) is 0 Å². The Morgan fingerprint density at radius 2 is 1.10 bits per heavy atom. The molecule has 362 valence electrons. The lowest BCUT2D eigenvalue weighted by Crippen LogP contribution is -2.59. The summed E-state index contributed by atoms with van der Waals surface area (Å²) in [4.78, 5) is 2.61. The molecule has 1 atom stereocenters. The van der Waals surface area contributed by atoms with E-state index in [9.17, 15) is 0 Å². The molecule has 72 heavy (non-hydrogen) atoms. The fourth-order valence-corrected chi connectivity index (χ4v) is 12.0. The van der Waals surface area contributed by atoms with Gasteiger partial charge in [-0.15, -0.1) is 0 Å². The van der Waals surface area contributed by atoms with Crippen LogP contribution >= 0.6 is 0 Å². The Morgan fingerprint density at radius 1 is 0.486 bits per heavy atom. The molecule has 11 rings (SSSR count). The second-order valence-electron chi connectivity index (χ2n) is 25.4. The molecular weight excluding hydrogens is 870 g/mol. The molecule has 0 spiro atoms. The van der Waals surface area contributed by atoms with Gasteiger partial charge < -0.3 is 9.32 Å². The van der Waals surface area contributed by atoms with Crippen LogP contribution in [-0.2, 0) is 34.5 Å². The van der Waals surface area contributed by atoms with Crippen LogP contribution in [0.1, 0.15) is 140 Å². The summed E-state index contributed by atoms with van der Waals surface area (Å²) in [5.41, 5.74) is 25.6. The summed E-state index contributed by atoms with van der Waals surface area (Å²) in [6, 6.07) is 61.4. The predicted octanol–water partition coefficient (Wildman–Crippen LogP) is 17.0. The highest BCUT2D eigenvalue weighted by molar-refractivity contribution is 6.98. The van der Waals surface area contributed by atoms with Gasteiger partial charge in [0.05, 0.1) is 0 Å². The van der Waals surface area contributed by atoms with Crippen molar-refractivity contribution in [3.63, 3.8) is 0 Å². The van der Waals surface area contributed by atoms with E-state index in [2.05, 4.69) is 253 Å². The highest BCUT2D eigenvalue weighted by Crippen LogP contribution is 2.45. The second kappa shape index (κ2) is 17.3. The Kier molecular flexibility index (Phi) is 11.5. The SMILES string of the molecule is Cc1ccc(-c2cc3c4c(c2)N(c2ccc(C(C)(C)C)cc2)c2ccc(C(C)(C)C)cc2B4c2cc(C(C)(C)C)ccc2CC(c2ccccc2-c2cccc4c2oc2c(C(C)(C)C)cccc24)CC3)cc1. The van der Waals surface area contributed by atoms with E-state index < -0.39 is 0 Å². The Morgan fingerprint density at radius 3 is 1.78 bits per heavy atom. The molecular formula is C69H72BNO. The van der Waals surface area contributed by atoms with Gasteiger partial charge in [-0.1, -0.05) is 239 Å². The number of para-hydroxylation sites is 2. The van der Waals surface area contributed by atoms with Crippen LogP contribution in [0.5, 0.6) is 0 Å². The fraction of sp³-hybridized carbons (Fsp3) is 0.304. The van der Waals surface area contributed by atoms with Gasteiger partial charge in [0.15, 0.2) is 0 Å². The first-order valence-corrected chi connectivity index (χ1v) is 26.6. The van der Waals surface area contributed by atoms with E-state index in [4.69, 9.17) is 4.42 Å². The van der Waals surface area contributed by atoms with Gasteiger partial charge in [0.2, 0.25) is 6.71 Å². The molecule has 0 aliphatic carbocycles. The molecule has 2 aliphatic rings. The first kappa shape index (κ1) is 47.7. The maximum atomic E-state index is 7.09. The summed E-state index contributed by atoms with van der Waals surface area (Å²) < 4.78 is 7.09. The van der Waals surface area contributed by atoms with Gasteiger partial charge in [-0.3, -0.25) is 0 Å². The molecule has 1 aromatic heterocycles. The minimum atomic E-state index is -0.0550. The number of hydrogen-bond donors (Lipinski definition) is 0. The van der Waals surface area contributed by atoms with E-state index >= 15 is 0 Å². The van der Waals surface area contributed by atoms with Crippen LogP contribution in [0.4, 0.5) is 17.1 Å². The fourth-order valence-electron chi connectivity index (χ4n) is 12.0. The van der Waals surface area contributed by atoms with E-state index in [0.29, 0.717) is 0 Å². The van der Waals surface area contributed by atoms with Gasteiger partial charge in [-0.2, -0.15) is 0 Å². The van der Waals surface area contributed by atoms with Gasteiger partial charge in [0.1, 0.15) is 11.2 Å². The monoisotopic (exact) mass is 942 g/mol. The van der Waals surface area contributed by atoms with Crippen molar-refractivity contribution in [1.82, 2.24) is 0 Å². The minimum Gasteiger partial charge on any atom is -0.455 e. The molecule has 3 heteroatoms. The van der Waals surface area contributed by atoms with Gasteiger partial charge in [-0.25, -0.2) is 0 Å². The standard InChI is InChI=1S/C69H72BNO/c1-43-24-26-44(27-25-43)48-39-47-29-28-45(53-18-14-15-19-54(53)55-20-16-21-56-57-22-17-23-58(69(11,12)13)65(57)72-64(55)56)38-46-30-31-50(67(5,6)7)41-59(46)70-60-42-51(68(8,9)10)34-37-61(60)71(62(40-48)63(47)70)52-35-32-49(33-36-52)66(2,3)4/h14-27,30-37,39-42,45H,28-29,38H2,1-13H3. The quantitative estimate of drug-likeness (QED) is 0.164. The normalized spacial score (nSPS) is 15.2. The Balaban J connectivity index is 1.18. The Hall–Kier alpha value is -6.58. The van der Waals surface area contributed by atoms with Crippen molar-refractivity contribution in [2.75, 3.05) is 4.90 Å². The number of nitrogens with zero attached hydrogens (tertiary/aromatic N) is 1. The van der Waals surface area contributed by atoms with Crippen LogP contribution in [-0.4, -0.2) is 6.71 Å². The average molecular weight is 942 g/mol. The molecule has 2 aliphatic heterocycles. The molecule has 3 heterocycles. The van der Waals surface area contributed by atoms with Gasteiger partial charge in [0, 0.05) is 39.0 Å². The molecule has 0 radical (unpaired) electrons. The van der Waals surface area contributed by atoms with Crippen LogP contribution < -0.4 is 21.3 Å². The van der Waals surface area contributed by atoms with E-state index in [-0.39, 0.29) is 34.3 Å². The molecule has 2 nitrogen and oxygen atoms in total. The van der Waals surface area contributed by atoms with Crippen molar-refractivity contribution in [3.8, 4) is 22.3 Å². The van der Waals surface area contributed by atoms with Gasteiger partial charge in [0.25, 0.3) is 0 Å². The van der Waals surface area contributed by atoms with Gasteiger partial charge in [-0.05, 0) is 128 Å². The summed E-state index contributed by atoms with van der Waals surface area (Å²) in [7, 11) is 0. The smallest absolute Gasteiger partial charge is 0.247 e. The van der Waals surface area contributed by atoms with Crippen molar-refractivity contribution < 1.29 is 4.42 Å². The third-order valence-electron chi connectivity index (χ3n) is 16.2. The van der Waals surface area contributed by atoms with Crippen molar-refractivity contribution in [2.45, 2.75) is 137 Å². The van der Waals surface area contributed by atoms with Crippen LogP contribution in [0.15, 0.2) is 162 Å². The van der Waals surface area contributed by atoms with Crippen LogP contribution in [0, 0.1) is 6.92 Å². The zero-order chi connectivity index (χ0) is 50.6. The lowest BCUT2D eigenvalue weighted by Gasteiger charge is -2.40. The zero-order valence-corrected chi connectivity index (χ0v) is 45.1. The van der Waals surface area contributed by atoms with Crippen LogP contribution in [0.2, 0.25) is 0 Å². The van der Waals surface area contributed by atoms with E-state index in [1.54, 1.807) is 0 Å². The van der Waals surface area contributed by atoms with Crippen molar-refractivity contribution in [3.05, 3.63) is 202 Å². The van der Waals surface area contributed by atoms with Crippen LogP contribution in [0.3, 0.4) is 0 Å². The number of aryl methyl sites for hydroxylation is 2. The van der Waals surface area contributed by atoms with E-state index in [1.165, 1.54) is 111 Å². The number of fused-ring (bicyclic) bond motifs is 7. The summed E-state index contributed by atoms with van der Waals surface area (Å²) in [5.74, 6) is 0.227. The molecule has 0 saturated carbocycles. The predicted molar refractivity (Wildman–Crippen MR) is 311 cm³/mol. The molecule has 0 amide bonds. The maximum Gasteiger partial charge on any atom is 0.247 e. The van der Waals surface area contributed by atoms with Crippen LogP contribution in [0.25, 0.3) is 44.2 Å². The highest BCUT2D eigenvalue weighted by atomic mass is 16.3. The number of anilines is 3. The lowest BCUT2D eigenvalue weighted by atomic mass is 9.33. The number of rotatable bonds is 4. The van der Waals surface area contributed by atoms with E-state index in [0.717, 1.165) is 30.4 Å². The Labute approximate surface area is 430 Å². The molecule has 0 fully saturated rings. The molecule has 0 N–H and O–H groups in total. The van der Waals surface area contributed by atoms with E-state index in [1.807, 2.05) is 0 Å². The molecule has 8 aromatic carbocycles. The molecule has 1 unspecified atom stereocenters. The lowest BCUT2D eigenvalue weighted by molar-refractivity contribution is 0.573. The molecule has 0 saturated heterocycles. The zero-order valence-electron chi connectivity index (χ0n) is 45.1. The molecule has 9 aromatic rings. The first-order chi connectivity index (χ1) is 34.1.